The zero-order valence-electron chi connectivity index (χ0n) is 12.4. The highest BCUT2D eigenvalue weighted by Gasteiger charge is 2.56. The van der Waals surface area contributed by atoms with E-state index in [-0.39, 0.29) is 41.3 Å². The fourth-order valence-electron chi connectivity index (χ4n) is 4.17. The Morgan fingerprint density at radius 3 is 1.86 bits per heavy atom. The molecule has 112 valence electrons. The molecule has 3 aliphatic carbocycles. The molecular weight excluding hydrogens is 278 g/mol. The Kier molecular flexibility index (Phi) is 2.83. The lowest BCUT2D eigenvalue weighted by molar-refractivity contribution is -0.124. The van der Waals surface area contributed by atoms with Crippen LogP contribution >= 0.6 is 0 Å². The maximum atomic E-state index is 12.8. The van der Waals surface area contributed by atoms with Gasteiger partial charge in [-0.3, -0.25) is 19.3 Å². The van der Waals surface area contributed by atoms with Crippen LogP contribution < -0.4 is 4.90 Å². The molecule has 5 rings (SSSR count). The molecule has 2 bridgehead atoms. The molecule has 2 amide bonds. The van der Waals surface area contributed by atoms with Crippen molar-refractivity contribution in [1.82, 2.24) is 0 Å². The molecule has 0 radical (unpaired) electrons. The van der Waals surface area contributed by atoms with Gasteiger partial charge in [-0.2, -0.15) is 0 Å². The quantitative estimate of drug-likeness (QED) is 0.479. The number of ketones is 1. The summed E-state index contributed by atoms with van der Waals surface area (Å²) in [7, 11) is 0. The van der Waals surface area contributed by atoms with Gasteiger partial charge >= 0.3 is 0 Å². The summed E-state index contributed by atoms with van der Waals surface area (Å²) in [6, 6.07) is 6.73. The Bertz CT molecular complexity index is 672. The van der Waals surface area contributed by atoms with E-state index in [0.717, 1.165) is 12.8 Å². The number of allylic oxidation sites excluding steroid dienone is 2. The van der Waals surface area contributed by atoms with Crippen LogP contribution in [0.1, 0.15) is 30.1 Å². The molecule has 1 saturated heterocycles. The highest BCUT2D eigenvalue weighted by molar-refractivity contribution is 6.22. The summed E-state index contributed by atoms with van der Waals surface area (Å²) in [6.45, 7) is 1.50. The lowest BCUT2D eigenvalue weighted by Crippen LogP contribution is -2.38. The molecule has 1 heterocycles. The van der Waals surface area contributed by atoms with Gasteiger partial charge in [-0.25, -0.2) is 0 Å². The van der Waals surface area contributed by atoms with Crippen molar-refractivity contribution < 1.29 is 14.4 Å². The largest absolute Gasteiger partial charge is 0.295 e. The van der Waals surface area contributed by atoms with Crippen LogP contribution in [0.5, 0.6) is 0 Å². The second kappa shape index (κ2) is 4.63. The number of carbonyl (C=O) groups excluding carboxylic acids is 3. The Morgan fingerprint density at radius 2 is 1.45 bits per heavy atom. The second-order valence-electron chi connectivity index (χ2n) is 6.46. The maximum absolute atomic E-state index is 12.8. The summed E-state index contributed by atoms with van der Waals surface area (Å²) < 4.78 is 0. The van der Waals surface area contributed by atoms with Crippen LogP contribution in [0, 0.1) is 23.7 Å². The predicted molar refractivity (Wildman–Crippen MR) is 81.3 cm³/mol. The first kappa shape index (κ1) is 13.4. The fraction of sp³-hybridized carbons (Fsp3) is 0.389. The Balaban J connectivity index is 1.70. The lowest BCUT2D eigenvalue weighted by Gasteiger charge is -2.38. The normalized spacial score (nSPS) is 32.5. The number of benzene rings is 1. The van der Waals surface area contributed by atoms with Gasteiger partial charge in [0.25, 0.3) is 0 Å². The van der Waals surface area contributed by atoms with Crippen LogP contribution in [0.25, 0.3) is 0 Å². The van der Waals surface area contributed by atoms with Gasteiger partial charge in [0, 0.05) is 5.56 Å². The van der Waals surface area contributed by atoms with Crippen molar-refractivity contribution in [3.63, 3.8) is 0 Å². The van der Waals surface area contributed by atoms with Gasteiger partial charge in [0.1, 0.15) is 0 Å². The van der Waals surface area contributed by atoms with Gasteiger partial charge in [-0.1, -0.05) is 12.2 Å². The molecule has 0 unspecified atom stereocenters. The van der Waals surface area contributed by atoms with E-state index in [1.165, 1.54) is 11.8 Å². The minimum absolute atomic E-state index is 0.0264. The van der Waals surface area contributed by atoms with Crippen LogP contribution in [0.2, 0.25) is 0 Å². The monoisotopic (exact) mass is 295 g/mol. The Morgan fingerprint density at radius 1 is 0.955 bits per heavy atom. The zero-order chi connectivity index (χ0) is 15.4. The molecule has 1 aliphatic heterocycles. The van der Waals surface area contributed by atoms with Gasteiger partial charge in [0.15, 0.2) is 5.78 Å². The number of amides is 2. The number of fused-ring (bicyclic) bond motifs is 1. The third kappa shape index (κ3) is 1.73. The van der Waals surface area contributed by atoms with Crippen molar-refractivity contribution in [2.24, 2.45) is 23.7 Å². The standard InChI is InChI=1S/C18H17NO3/c1-10(20)11-6-8-14(9-7-11)19-17(21)15-12-2-3-13(5-4-12)16(15)18(19)22/h2-3,6-9,12-13,15-16H,4-5H2,1H3/t12-,13-,15-,16+/m1/s1. The van der Waals surface area contributed by atoms with Gasteiger partial charge in [-0.05, 0) is 55.9 Å². The van der Waals surface area contributed by atoms with E-state index in [0.29, 0.717) is 11.3 Å². The number of rotatable bonds is 2. The fourth-order valence-corrected chi connectivity index (χ4v) is 4.17. The van der Waals surface area contributed by atoms with Crippen molar-refractivity contribution in [2.75, 3.05) is 4.90 Å². The molecule has 2 fully saturated rings. The number of anilines is 1. The van der Waals surface area contributed by atoms with Crippen molar-refractivity contribution in [3.05, 3.63) is 42.0 Å². The molecule has 1 saturated carbocycles. The maximum Gasteiger partial charge on any atom is 0.238 e. The topological polar surface area (TPSA) is 54.5 Å². The average Bonchev–Trinajstić information content (AvgIpc) is 2.82. The summed E-state index contributed by atoms with van der Waals surface area (Å²) in [5.74, 6) is -0.163. The smallest absolute Gasteiger partial charge is 0.238 e. The van der Waals surface area contributed by atoms with Gasteiger partial charge in [-0.15, -0.1) is 0 Å². The van der Waals surface area contributed by atoms with Gasteiger partial charge in [0.2, 0.25) is 11.8 Å². The minimum atomic E-state index is -0.191. The summed E-state index contributed by atoms with van der Waals surface area (Å²) >= 11 is 0. The van der Waals surface area contributed by atoms with Crippen LogP contribution in [0.15, 0.2) is 36.4 Å². The van der Waals surface area contributed by atoms with Crippen LogP contribution in [0.3, 0.4) is 0 Å². The summed E-state index contributed by atoms with van der Waals surface area (Å²) in [5, 5.41) is 0. The van der Waals surface area contributed by atoms with E-state index in [4.69, 9.17) is 0 Å². The first-order chi connectivity index (χ1) is 10.6. The number of imide groups is 1. The molecule has 0 aromatic heterocycles. The summed E-state index contributed by atoms with van der Waals surface area (Å²) in [5.41, 5.74) is 1.16. The zero-order valence-corrected chi connectivity index (χ0v) is 12.4. The van der Waals surface area contributed by atoms with E-state index in [1.54, 1.807) is 24.3 Å². The van der Waals surface area contributed by atoms with Gasteiger partial charge in [0.05, 0.1) is 17.5 Å². The number of hydrogen-bond donors (Lipinski definition) is 0. The van der Waals surface area contributed by atoms with E-state index in [9.17, 15) is 14.4 Å². The first-order valence-corrected chi connectivity index (χ1v) is 7.75. The molecule has 4 aliphatic rings. The van der Waals surface area contributed by atoms with E-state index in [2.05, 4.69) is 12.2 Å². The van der Waals surface area contributed by atoms with Crippen LogP contribution in [0.4, 0.5) is 5.69 Å². The lowest BCUT2D eigenvalue weighted by atomic mass is 9.63. The highest BCUT2D eigenvalue weighted by Crippen LogP contribution is 2.50. The molecule has 22 heavy (non-hydrogen) atoms. The van der Waals surface area contributed by atoms with Gasteiger partial charge < -0.3 is 0 Å². The Hall–Kier alpha value is -2.23. The number of nitrogens with zero attached hydrogens (tertiary/aromatic N) is 1. The molecular formula is C18H17NO3. The van der Waals surface area contributed by atoms with E-state index < -0.39 is 0 Å². The molecule has 0 spiro atoms. The minimum Gasteiger partial charge on any atom is -0.295 e. The molecule has 0 N–H and O–H groups in total. The SMILES string of the molecule is CC(=O)c1ccc(N2C(=O)[C@@H]3[C@H](C2=O)[C@@H]2C=C[C@@H]3CC2)cc1. The summed E-state index contributed by atoms with van der Waals surface area (Å²) in [4.78, 5) is 38.2. The molecule has 4 atom stereocenters. The molecule has 4 nitrogen and oxygen atoms in total. The predicted octanol–water partition coefficient (Wildman–Crippen LogP) is 2.59. The molecule has 4 heteroatoms. The van der Waals surface area contributed by atoms with Crippen LogP contribution in [-0.4, -0.2) is 17.6 Å². The number of carbonyl (C=O) groups is 3. The first-order valence-electron chi connectivity index (χ1n) is 7.75. The second-order valence-corrected chi connectivity index (χ2v) is 6.46. The van der Waals surface area contributed by atoms with Crippen LogP contribution in [-0.2, 0) is 9.59 Å². The van der Waals surface area contributed by atoms with Crippen molar-refractivity contribution >= 4 is 23.3 Å². The molecule has 1 aromatic carbocycles. The third-order valence-electron chi connectivity index (χ3n) is 5.29. The Labute approximate surface area is 128 Å². The average molecular weight is 295 g/mol. The van der Waals surface area contributed by atoms with E-state index >= 15 is 0 Å². The van der Waals surface area contributed by atoms with Crippen molar-refractivity contribution in [3.8, 4) is 0 Å². The number of hydrogen-bond acceptors (Lipinski definition) is 3. The van der Waals surface area contributed by atoms with Crippen molar-refractivity contribution in [2.45, 2.75) is 19.8 Å². The third-order valence-corrected chi connectivity index (χ3v) is 5.29. The highest BCUT2D eigenvalue weighted by atomic mass is 16.2. The van der Waals surface area contributed by atoms with E-state index in [1.807, 2.05) is 0 Å². The number of Topliss-reactive ketones (excluding diaryl/α,β-unsaturated/α-hetero) is 1. The molecule has 1 aromatic rings. The summed E-state index contributed by atoms with van der Waals surface area (Å²) in [6.07, 6.45) is 6.22. The van der Waals surface area contributed by atoms with Crippen molar-refractivity contribution in [1.29, 1.82) is 0 Å².